The van der Waals surface area contributed by atoms with Gasteiger partial charge in [-0.2, -0.15) is 0 Å². The zero-order valence-electron chi connectivity index (χ0n) is 8.71. The number of methoxy groups -OCH3 is 1. The van der Waals surface area contributed by atoms with Crippen molar-refractivity contribution in [1.29, 1.82) is 0 Å². The van der Waals surface area contributed by atoms with Crippen LogP contribution in [0, 0.1) is 6.92 Å². The van der Waals surface area contributed by atoms with Crippen molar-refractivity contribution in [1.82, 2.24) is 10.3 Å². The number of nitrogens with zero attached hydrogens (tertiary/aromatic N) is 1. The molecule has 0 aromatic carbocycles. The molecule has 3 nitrogen and oxygen atoms in total. The van der Waals surface area contributed by atoms with Crippen molar-refractivity contribution in [3.63, 3.8) is 0 Å². The molecule has 1 fully saturated rings. The number of rotatable bonds is 2. The zero-order valence-corrected chi connectivity index (χ0v) is 8.71. The summed E-state index contributed by atoms with van der Waals surface area (Å²) in [5, 5.41) is 3.47. The molecule has 0 aliphatic carbocycles. The number of ether oxygens (including phenoxy) is 1. The Balaban J connectivity index is 2.25. The number of pyridine rings is 1. The molecular formula is C11H16N2O. The Morgan fingerprint density at radius 1 is 1.50 bits per heavy atom. The third-order valence-electron chi connectivity index (χ3n) is 2.75. The fourth-order valence-corrected chi connectivity index (χ4v) is 1.98. The maximum Gasteiger partial charge on any atom is 0.213 e. The predicted octanol–water partition coefficient (Wildman–Crippen LogP) is 1.82. The van der Waals surface area contributed by atoms with Gasteiger partial charge in [0.25, 0.3) is 0 Å². The van der Waals surface area contributed by atoms with E-state index < -0.39 is 0 Å². The molecule has 0 saturated carbocycles. The monoisotopic (exact) mass is 192 g/mol. The molecule has 2 heterocycles. The molecule has 3 heteroatoms. The van der Waals surface area contributed by atoms with E-state index >= 15 is 0 Å². The second-order valence-electron chi connectivity index (χ2n) is 3.68. The molecule has 1 unspecified atom stereocenters. The van der Waals surface area contributed by atoms with Crippen molar-refractivity contribution in [2.24, 2.45) is 0 Å². The van der Waals surface area contributed by atoms with Gasteiger partial charge in [0.05, 0.1) is 7.11 Å². The highest BCUT2D eigenvalue weighted by Gasteiger charge is 2.18. The highest BCUT2D eigenvalue weighted by atomic mass is 16.5. The summed E-state index contributed by atoms with van der Waals surface area (Å²) in [6.45, 7) is 3.16. The first-order valence-corrected chi connectivity index (χ1v) is 5.06. The van der Waals surface area contributed by atoms with E-state index in [2.05, 4.69) is 16.4 Å². The lowest BCUT2D eigenvalue weighted by Gasteiger charge is -2.13. The third kappa shape index (κ3) is 1.73. The van der Waals surface area contributed by atoms with Crippen LogP contribution in [0.25, 0.3) is 0 Å². The van der Waals surface area contributed by atoms with Crippen LogP contribution in [0.2, 0.25) is 0 Å². The lowest BCUT2D eigenvalue weighted by atomic mass is 10.0. The van der Waals surface area contributed by atoms with Crippen molar-refractivity contribution >= 4 is 0 Å². The normalized spacial score (nSPS) is 21.1. The lowest BCUT2D eigenvalue weighted by molar-refractivity contribution is 0.396. The Labute approximate surface area is 84.5 Å². The van der Waals surface area contributed by atoms with Crippen molar-refractivity contribution in [3.8, 4) is 5.88 Å². The first-order chi connectivity index (χ1) is 6.81. The van der Waals surface area contributed by atoms with Crippen LogP contribution in [0.15, 0.2) is 12.1 Å². The van der Waals surface area contributed by atoms with E-state index in [4.69, 9.17) is 4.74 Å². The lowest BCUT2D eigenvalue weighted by Crippen LogP contribution is -2.14. The minimum atomic E-state index is 0.494. The largest absolute Gasteiger partial charge is 0.481 e. The van der Waals surface area contributed by atoms with E-state index in [0.29, 0.717) is 11.9 Å². The van der Waals surface area contributed by atoms with Crippen LogP contribution in [0.1, 0.15) is 30.1 Å². The Kier molecular flexibility index (Phi) is 2.68. The molecule has 1 aromatic heterocycles. The molecule has 1 N–H and O–H groups in total. The van der Waals surface area contributed by atoms with Crippen molar-refractivity contribution in [3.05, 3.63) is 23.4 Å². The molecule has 0 spiro atoms. The highest BCUT2D eigenvalue weighted by Crippen LogP contribution is 2.26. The summed E-state index contributed by atoms with van der Waals surface area (Å²) >= 11 is 0. The fourth-order valence-electron chi connectivity index (χ4n) is 1.98. The second kappa shape index (κ2) is 3.96. The quantitative estimate of drug-likeness (QED) is 0.776. The third-order valence-corrected chi connectivity index (χ3v) is 2.75. The van der Waals surface area contributed by atoms with Crippen LogP contribution in [0.4, 0.5) is 0 Å². The minimum absolute atomic E-state index is 0.494. The maximum atomic E-state index is 5.08. The highest BCUT2D eigenvalue weighted by molar-refractivity contribution is 5.28. The van der Waals surface area contributed by atoms with Crippen LogP contribution in [-0.4, -0.2) is 18.6 Å². The van der Waals surface area contributed by atoms with E-state index in [9.17, 15) is 0 Å². The first-order valence-electron chi connectivity index (χ1n) is 5.06. The van der Waals surface area contributed by atoms with E-state index in [1.165, 1.54) is 18.4 Å². The standard InChI is InChI=1S/C11H16N2O/c1-8-9(10-4-3-7-12-10)5-6-11(13-8)14-2/h5-6,10,12H,3-4,7H2,1-2H3. The number of hydrogen-bond acceptors (Lipinski definition) is 3. The maximum absolute atomic E-state index is 5.08. The van der Waals surface area contributed by atoms with Crippen LogP contribution >= 0.6 is 0 Å². The molecule has 1 atom stereocenters. The Morgan fingerprint density at radius 2 is 2.36 bits per heavy atom. The Bertz CT molecular complexity index is 319. The van der Waals surface area contributed by atoms with E-state index in [1.807, 2.05) is 13.0 Å². The summed E-state index contributed by atoms with van der Waals surface area (Å²) in [7, 11) is 1.65. The van der Waals surface area contributed by atoms with Gasteiger partial charge >= 0.3 is 0 Å². The summed E-state index contributed by atoms with van der Waals surface area (Å²) < 4.78 is 5.08. The van der Waals surface area contributed by atoms with E-state index in [-0.39, 0.29) is 0 Å². The molecule has 1 aliphatic rings. The van der Waals surface area contributed by atoms with Gasteiger partial charge in [-0.15, -0.1) is 0 Å². The SMILES string of the molecule is COc1ccc(C2CCCN2)c(C)n1. The molecule has 1 aromatic rings. The van der Waals surface area contributed by atoms with Gasteiger partial charge in [0.15, 0.2) is 0 Å². The van der Waals surface area contributed by atoms with Crippen molar-refractivity contribution < 1.29 is 4.74 Å². The average molecular weight is 192 g/mol. The smallest absolute Gasteiger partial charge is 0.213 e. The van der Waals surface area contributed by atoms with Gasteiger partial charge in [-0.3, -0.25) is 0 Å². The van der Waals surface area contributed by atoms with Gasteiger partial charge in [0.2, 0.25) is 5.88 Å². The molecule has 0 radical (unpaired) electrons. The minimum Gasteiger partial charge on any atom is -0.481 e. The second-order valence-corrected chi connectivity index (χ2v) is 3.68. The topological polar surface area (TPSA) is 34.1 Å². The summed E-state index contributed by atoms with van der Waals surface area (Å²) in [5.41, 5.74) is 2.38. The van der Waals surface area contributed by atoms with Crippen LogP contribution in [-0.2, 0) is 0 Å². The van der Waals surface area contributed by atoms with Gasteiger partial charge in [-0.05, 0) is 31.9 Å². The fraction of sp³-hybridized carbons (Fsp3) is 0.545. The van der Waals surface area contributed by atoms with Crippen molar-refractivity contribution in [2.75, 3.05) is 13.7 Å². The molecule has 0 bridgehead atoms. The zero-order chi connectivity index (χ0) is 9.97. The average Bonchev–Trinajstić information content (AvgIpc) is 2.70. The molecular weight excluding hydrogens is 176 g/mol. The summed E-state index contributed by atoms with van der Waals surface area (Å²) in [6, 6.07) is 4.54. The van der Waals surface area contributed by atoms with Crippen LogP contribution in [0.3, 0.4) is 0 Å². The van der Waals surface area contributed by atoms with Crippen molar-refractivity contribution in [2.45, 2.75) is 25.8 Å². The number of aromatic nitrogens is 1. The van der Waals surface area contributed by atoms with Crippen LogP contribution in [0.5, 0.6) is 5.88 Å². The number of nitrogens with one attached hydrogen (secondary N) is 1. The molecule has 14 heavy (non-hydrogen) atoms. The van der Waals surface area contributed by atoms with Gasteiger partial charge in [-0.25, -0.2) is 4.98 Å². The number of aryl methyl sites for hydroxylation is 1. The summed E-state index contributed by atoms with van der Waals surface area (Å²) in [6.07, 6.45) is 2.48. The molecule has 1 aliphatic heterocycles. The van der Waals surface area contributed by atoms with Gasteiger partial charge in [0.1, 0.15) is 0 Å². The first kappa shape index (κ1) is 9.46. The number of hydrogen-bond donors (Lipinski definition) is 1. The van der Waals surface area contributed by atoms with E-state index in [1.54, 1.807) is 7.11 Å². The predicted molar refractivity (Wildman–Crippen MR) is 55.5 cm³/mol. The molecule has 0 amide bonds. The van der Waals surface area contributed by atoms with E-state index in [0.717, 1.165) is 12.2 Å². The Hall–Kier alpha value is -1.09. The Morgan fingerprint density at radius 3 is 2.93 bits per heavy atom. The van der Waals surface area contributed by atoms with Gasteiger partial charge in [0, 0.05) is 17.8 Å². The summed E-state index contributed by atoms with van der Waals surface area (Å²) in [5.74, 6) is 0.698. The molecule has 2 rings (SSSR count). The van der Waals surface area contributed by atoms with Gasteiger partial charge < -0.3 is 10.1 Å². The van der Waals surface area contributed by atoms with Gasteiger partial charge in [-0.1, -0.05) is 6.07 Å². The molecule has 76 valence electrons. The summed E-state index contributed by atoms with van der Waals surface area (Å²) in [4.78, 5) is 4.37. The van der Waals surface area contributed by atoms with Crippen LogP contribution < -0.4 is 10.1 Å². The molecule has 1 saturated heterocycles.